The summed E-state index contributed by atoms with van der Waals surface area (Å²) in [6.45, 7) is 1.50. The van der Waals surface area contributed by atoms with Crippen LogP contribution in [0.25, 0.3) is 0 Å². The van der Waals surface area contributed by atoms with Crippen LogP contribution < -0.4 is 44.6 Å². The minimum atomic E-state index is -1.45. The Balaban J connectivity index is 5.61. The van der Waals surface area contributed by atoms with Gasteiger partial charge in [0, 0.05) is 19.4 Å². The number of amides is 5. The summed E-state index contributed by atoms with van der Waals surface area (Å²) in [5.41, 5.74) is 26.2. The van der Waals surface area contributed by atoms with Crippen molar-refractivity contribution in [2.75, 3.05) is 6.54 Å². The van der Waals surface area contributed by atoms with Crippen molar-refractivity contribution in [2.45, 2.75) is 69.6 Å². The SMILES string of the molecule is CC(N)C(=O)NC(CCC(N)=O)C(=O)NC(CCCN=C(N)N)C(=O)NC(CCC(N)=O)C(=O)O. The maximum absolute atomic E-state index is 12.9. The molecule has 0 aliphatic rings. The smallest absolute Gasteiger partial charge is 0.326 e. The average Bonchev–Trinajstić information content (AvgIpc) is 2.74. The van der Waals surface area contributed by atoms with Crippen LogP contribution in [-0.2, 0) is 28.8 Å². The molecule has 5 amide bonds. The quantitative estimate of drug-likeness (QED) is 0.0522. The van der Waals surface area contributed by atoms with Gasteiger partial charge in [0.25, 0.3) is 0 Å². The lowest BCUT2D eigenvalue weighted by Crippen LogP contribution is -2.57. The molecule has 16 nitrogen and oxygen atoms in total. The number of aliphatic imine (C=N–C) groups is 1. The zero-order valence-electron chi connectivity index (χ0n) is 19.5. The Hall–Kier alpha value is -3.95. The number of carbonyl (C=O) groups is 6. The number of guanidine groups is 1. The van der Waals surface area contributed by atoms with Gasteiger partial charge in [0.2, 0.25) is 29.5 Å². The average molecular weight is 502 g/mol. The van der Waals surface area contributed by atoms with Crippen LogP contribution in [0, 0.1) is 0 Å². The van der Waals surface area contributed by atoms with E-state index in [9.17, 15) is 33.9 Å². The summed E-state index contributed by atoms with van der Waals surface area (Å²) >= 11 is 0. The van der Waals surface area contributed by atoms with Crippen LogP contribution in [0.4, 0.5) is 0 Å². The Kier molecular flexibility index (Phi) is 14.0. The molecule has 0 bridgehead atoms. The molecule has 0 aliphatic carbocycles. The Morgan fingerprint density at radius 2 is 1.17 bits per heavy atom. The van der Waals surface area contributed by atoms with E-state index in [0.29, 0.717) is 0 Å². The van der Waals surface area contributed by atoms with Crippen LogP contribution in [0.2, 0.25) is 0 Å². The molecular weight excluding hydrogens is 466 g/mol. The lowest BCUT2D eigenvalue weighted by atomic mass is 10.1. The number of primary amides is 2. The van der Waals surface area contributed by atoms with Gasteiger partial charge in [-0.2, -0.15) is 0 Å². The number of nitrogens with two attached hydrogens (primary N) is 5. The maximum Gasteiger partial charge on any atom is 0.326 e. The molecule has 0 saturated heterocycles. The van der Waals surface area contributed by atoms with Crippen molar-refractivity contribution >= 4 is 41.5 Å². The van der Waals surface area contributed by atoms with Crippen molar-refractivity contribution in [2.24, 2.45) is 33.7 Å². The third kappa shape index (κ3) is 14.0. The molecule has 0 fully saturated rings. The van der Waals surface area contributed by atoms with Crippen LogP contribution in [0.1, 0.15) is 45.4 Å². The first-order chi connectivity index (χ1) is 16.2. The summed E-state index contributed by atoms with van der Waals surface area (Å²) in [6, 6.07) is -4.93. The van der Waals surface area contributed by atoms with Crippen molar-refractivity contribution < 1.29 is 33.9 Å². The Labute approximate surface area is 201 Å². The zero-order chi connectivity index (χ0) is 27.1. The minimum Gasteiger partial charge on any atom is -0.480 e. The van der Waals surface area contributed by atoms with E-state index >= 15 is 0 Å². The molecule has 0 saturated carbocycles. The van der Waals surface area contributed by atoms with E-state index in [-0.39, 0.29) is 51.0 Å². The molecule has 0 rings (SSSR count). The van der Waals surface area contributed by atoms with E-state index in [1.54, 1.807) is 0 Å². The first-order valence-electron chi connectivity index (χ1n) is 10.8. The number of carboxylic acids is 1. The highest BCUT2D eigenvalue weighted by atomic mass is 16.4. The number of aliphatic carboxylic acids is 1. The molecule has 4 unspecified atom stereocenters. The highest BCUT2D eigenvalue weighted by Gasteiger charge is 2.30. The van der Waals surface area contributed by atoms with Crippen molar-refractivity contribution in [3.63, 3.8) is 0 Å². The van der Waals surface area contributed by atoms with Gasteiger partial charge in [-0.25, -0.2) is 4.79 Å². The molecule has 0 heterocycles. The van der Waals surface area contributed by atoms with E-state index in [0.717, 1.165) is 0 Å². The number of nitrogens with one attached hydrogen (secondary N) is 3. The summed E-state index contributed by atoms with van der Waals surface area (Å²) < 4.78 is 0. The molecule has 0 aromatic heterocycles. The summed E-state index contributed by atoms with van der Waals surface area (Å²) in [5, 5.41) is 16.4. The summed E-state index contributed by atoms with van der Waals surface area (Å²) in [4.78, 5) is 75.1. The standard InChI is InChI=1S/C19H35N9O7/c1-9(20)15(31)26-11(4-6-13(21)29)17(33)27-10(3-2-8-25-19(23)24)16(32)28-12(18(34)35)5-7-14(22)30/h9-12H,2-8,20H2,1H3,(H2,21,29)(H2,22,30)(H,26,31)(H,27,33)(H,28,32)(H,34,35)(H4,23,24,25). The van der Waals surface area contributed by atoms with E-state index < -0.39 is 59.7 Å². The molecule has 4 atom stereocenters. The van der Waals surface area contributed by atoms with Crippen LogP contribution >= 0.6 is 0 Å². The predicted molar refractivity (Wildman–Crippen MR) is 124 cm³/mol. The number of nitrogens with zero attached hydrogens (tertiary/aromatic N) is 1. The van der Waals surface area contributed by atoms with Gasteiger partial charge in [0.15, 0.2) is 5.96 Å². The third-order valence-electron chi connectivity index (χ3n) is 4.60. The second kappa shape index (κ2) is 15.8. The topological polar surface area (TPSA) is 301 Å². The Bertz CT molecular complexity index is 812. The number of carboxylic acid groups (broad SMARTS) is 1. The fourth-order valence-electron chi connectivity index (χ4n) is 2.72. The van der Waals surface area contributed by atoms with Crippen molar-refractivity contribution in [1.29, 1.82) is 0 Å². The molecule has 198 valence electrons. The fourth-order valence-corrected chi connectivity index (χ4v) is 2.72. The lowest BCUT2D eigenvalue weighted by molar-refractivity contribution is -0.142. The molecule has 14 N–H and O–H groups in total. The number of rotatable bonds is 17. The molecule has 0 spiro atoms. The normalized spacial score (nSPS) is 13.9. The largest absolute Gasteiger partial charge is 0.480 e. The van der Waals surface area contributed by atoms with E-state index in [4.69, 9.17) is 28.7 Å². The molecule has 35 heavy (non-hydrogen) atoms. The molecule has 0 aromatic rings. The highest BCUT2D eigenvalue weighted by Crippen LogP contribution is 2.05. The van der Waals surface area contributed by atoms with E-state index in [1.165, 1.54) is 6.92 Å². The second-order valence-corrected chi connectivity index (χ2v) is 7.77. The van der Waals surface area contributed by atoms with Crippen LogP contribution in [0.15, 0.2) is 4.99 Å². The highest BCUT2D eigenvalue weighted by molar-refractivity contribution is 5.94. The van der Waals surface area contributed by atoms with E-state index in [2.05, 4.69) is 20.9 Å². The maximum atomic E-state index is 12.9. The molecule has 0 radical (unpaired) electrons. The van der Waals surface area contributed by atoms with Gasteiger partial charge < -0.3 is 49.7 Å². The first kappa shape index (κ1) is 31.0. The summed E-state index contributed by atoms with van der Waals surface area (Å²) in [5.74, 6) is -5.44. The Morgan fingerprint density at radius 3 is 1.60 bits per heavy atom. The molecule has 0 aliphatic heterocycles. The van der Waals surface area contributed by atoms with Crippen molar-refractivity contribution in [1.82, 2.24) is 16.0 Å². The van der Waals surface area contributed by atoms with Gasteiger partial charge in [-0.1, -0.05) is 0 Å². The number of hydrogen-bond donors (Lipinski definition) is 9. The van der Waals surface area contributed by atoms with Crippen LogP contribution in [0.3, 0.4) is 0 Å². The summed E-state index contributed by atoms with van der Waals surface area (Å²) in [7, 11) is 0. The minimum absolute atomic E-state index is 0.0136. The van der Waals surface area contributed by atoms with Gasteiger partial charge >= 0.3 is 5.97 Å². The third-order valence-corrected chi connectivity index (χ3v) is 4.60. The van der Waals surface area contributed by atoms with Gasteiger partial charge in [-0.3, -0.25) is 29.0 Å². The number of carbonyl (C=O) groups excluding carboxylic acids is 5. The van der Waals surface area contributed by atoms with Gasteiger partial charge in [-0.05, 0) is 32.6 Å². The Morgan fingerprint density at radius 1 is 0.743 bits per heavy atom. The monoisotopic (exact) mass is 501 g/mol. The predicted octanol–water partition coefficient (Wildman–Crippen LogP) is -4.54. The van der Waals surface area contributed by atoms with Gasteiger partial charge in [-0.15, -0.1) is 0 Å². The first-order valence-corrected chi connectivity index (χ1v) is 10.8. The van der Waals surface area contributed by atoms with Crippen molar-refractivity contribution in [3.05, 3.63) is 0 Å². The molecule has 0 aromatic carbocycles. The number of hydrogen-bond acceptors (Lipinski definition) is 8. The fraction of sp³-hybridized carbons (Fsp3) is 0.632. The van der Waals surface area contributed by atoms with Gasteiger partial charge in [0.05, 0.1) is 6.04 Å². The van der Waals surface area contributed by atoms with Crippen LogP contribution in [-0.4, -0.2) is 77.3 Å². The summed E-state index contributed by atoms with van der Waals surface area (Å²) in [6.07, 6.45) is -0.771. The zero-order valence-corrected chi connectivity index (χ0v) is 19.5. The van der Waals surface area contributed by atoms with Crippen LogP contribution in [0.5, 0.6) is 0 Å². The second-order valence-electron chi connectivity index (χ2n) is 7.77. The molecular formula is C19H35N9O7. The van der Waals surface area contributed by atoms with Gasteiger partial charge in [0.1, 0.15) is 18.1 Å². The molecule has 16 heteroatoms. The van der Waals surface area contributed by atoms with Crippen molar-refractivity contribution in [3.8, 4) is 0 Å². The van der Waals surface area contributed by atoms with E-state index in [1.807, 2.05) is 0 Å². The lowest BCUT2D eigenvalue weighted by Gasteiger charge is -2.24.